The molecule has 2 amide bonds. The lowest BCUT2D eigenvalue weighted by Gasteiger charge is -2.16. The third-order valence-electron chi connectivity index (χ3n) is 3.57. The van der Waals surface area contributed by atoms with Crippen LogP contribution in [0.1, 0.15) is 22.7 Å². The first-order valence-electron chi connectivity index (χ1n) is 7.31. The molecule has 5 heteroatoms. The van der Waals surface area contributed by atoms with Crippen molar-refractivity contribution in [3.05, 3.63) is 65.2 Å². The van der Waals surface area contributed by atoms with Gasteiger partial charge in [0.1, 0.15) is 11.8 Å². The SMILES string of the molecule is Cc1ccc(OCC(=O)NC(C(N)=O)c2ccccc2)cc1C. The van der Waals surface area contributed by atoms with Crippen LogP contribution in [0, 0.1) is 13.8 Å². The molecular weight excluding hydrogens is 292 g/mol. The maximum atomic E-state index is 12.0. The number of nitrogens with two attached hydrogens (primary N) is 1. The number of ether oxygens (including phenoxy) is 1. The summed E-state index contributed by atoms with van der Waals surface area (Å²) in [4.78, 5) is 23.6. The van der Waals surface area contributed by atoms with Crippen molar-refractivity contribution >= 4 is 11.8 Å². The van der Waals surface area contributed by atoms with Crippen molar-refractivity contribution in [2.75, 3.05) is 6.61 Å². The highest BCUT2D eigenvalue weighted by molar-refractivity contribution is 5.88. The molecule has 0 saturated heterocycles. The third-order valence-corrected chi connectivity index (χ3v) is 3.57. The lowest BCUT2D eigenvalue weighted by molar-refractivity contribution is -0.128. The zero-order valence-electron chi connectivity index (χ0n) is 13.2. The van der Waals surface area contributed by atoms with Crippen LogP contribution in [0.15, 0.2) is 48.5 Å². The van der Waals surface area contributed by atoms with Crippen molar-refractivity contribution in [2.45, 2.75) is 19.9 Å². The smallest absolute Gasteiger partial charge is 0.258 e. The van der Waals surface area contributed by atoms with Gasteiger partial charge in [-0.25, -0.2) is 0 Å². The Bertz CT molecular complexity index is 699. The fourth-order valence-corrected chi connectivity index (χ4v) is 2.12. The van der Waals surface area contributed by atoms with Gasteiger partial charge in [-0.15, -0.1) is 0 Å². The molecule has 0 aliphatic heterocycles. The Balaban J connectivity index is 1.97. The molecule has 0 radical (unpaired) electrons. The molecule has 0 aromatic heterocycles. The number of carbonyl (C=O) groups is 2. The summed E-state index contributed by atoms with van der Waals surface area (Å²) in [7, 11) is 0. The molecule has 5 nitrogen and oxygen atoms in total. The van der Waals surface area contributed by atoms with Crippen molar-refractivity contribution in [3.63, 3.8) is 0 Å². The van der Waals surface area contributed by atoms with Gasteiger partial charge in [0.15, 0.2) is 6.61 Å². The van der Waals surface area contributed by atoms with Gasteiger partial charge in [-0.3, -0.25) is 9.59 Å². The molecule has 0 aliphatic carbocycles. The summed E-state index contributed by atoms with van der Waals surface area (Å²) in [6, 6.07) is 13.6. The average molecular weight is 312 g/mol. The first-order chi connectivity index (χ1) is 11.0. The van der Waals surface area contributed by atoms with E-state index in [4.69, 9.17) is 10.5 Å². The standard InChI is InChI=1S/C18H20N2O3/c1-12-8-9-15(10-13(12)2)23-11-16(21)20-17(18(19)22)14-6-4-3-5-7-14/h3-10,17H,11H2,1-2H3,(H2,19,22)(H,20,21). The summed E-state index contributed by atoms with van der Waals surface area (Å²) in [6.45, 7) is 3.79. The fraction of sp³-hybridized carbons (Fsp3) is 0.222. The second-order valence-corrected chi connectivity index (χ2v) is 5.35. The minimum Gasteiger partial charge on any atom is -0.484 e. The summed E-state index contributed by atoms with van der Waals surface area (Å²) in [5.74, 6) is -0.412. The molecule has 0 fully saturated rings. The minimum absolute atomic E-state index is 0.181. The molecule has 0 spiro atoms. The zero-order chi connectivity index (χ0) is 16.8. The van der Waals surface area contributed by atoms with Crippen molar-refractivity contribution in [1.82, 2.24) is 5.32 Å². The Labute approximate surface area is 135 Å². The predicted molar refractivity (Wildman–Crippen MR) is 87.9 cm³/mol. The summed E-state index contributed by atoms with van der Waals surface area (Å²) in [5, 5.41) is 2.59. The number of benzene rings is 2. The molecule has 120 valence electrons. The lowest BCUT2D eigenvalue weighted by Crippen LogP contribution is -2.39. The first kappa shape index (κ1) is 16.5. The monoisotopic (exact) mass is 312 g/mol. The Morgan fingerprint density at radius 3 is 2.39 bits per heavy atom. The Hall–Kier alpha value is -2.82. The molecule has 2 rings (SSSR count). The number of aryl methyl sites for hydroxylation is 2. The largest absolute Gasteiger partial charge is 0.484 e. The Morgan fingerprint density at radius 2 is 1.78 bits per heavy atom. The van der Waals surface area contributed by atoms with Crippen LogP contribution in [0.25, 0.3) is 0 Å². The van der Waals surface area contributed by atoms with Gasteiger partial charge < -0.3 is 15.8 Å². The van der Waals surface area contributed by atoms with Crippen molar-refractivity contribution in [2.24, 2.45) is 5.73 Å². The molecule has 1 unspecified atom stereocenters. The van der Waals surface area contributed by atoms with Gasteiger partial charge in [0, 0.05) is 0 Å². The Kier molecular flexibility index (Phi) is 5.36. The van der Waals surface area contributed by atoms with Gasteiger partial charge in [-0.2, -0.15) is 0 Å². The van der Waals surface area contributed by atoms with Crippen molar-refractivity contribution in [3.8, 4) is 5.75 Å². The van der Waals surface area contributed by atoms with E-state index in [-0.39, 0.29) is 6.61 Å². The highest BCUT2D eigenvalue weighted by atomic mass is 16.5. The summed E-state index contributed by atoms with van der Waals surface area (Å²) in [6.07, 6.45) is 0. The molecule has 0 aliphatic rings. The number of rotatable bonds is 6. The highest BCUT2D eigenvalue weighted by Gasteiger charge is 2.20. The van der Waals surface area contributed by atoms with E-state index >= 15 is 0 Å². The molecule has 3 N–H and O–H groups in total. The van der Waals surface area contributed by atoms with Crippen LogP contribution >= 0.6 is 0 Å². The maximum absolute atomic E-state index is 12.0. The quantitative estimate of drug-likeness (QED) is 0.856. The minimum atomic E-state index is -0.868. The van der Waals surface area contributed by atoms with E-state index < -0.39 is 17.9 Å². The normalized spacial score (nSPS) is 11.6. The Morgan fingerprint density at radius 1 is 1.09 bits per heavy atom. The highest BCUT2D eigenvalue weighted by Crippen LogP contribution is 2.16. The van der Waals surface area contributed by atoms with Gasteiger partial charge in [0.2, 0.25) is 5.91 Å². The molecule has 0 heterocycles. The number of primary amides is 1. The van der Waals surface area contributed by atoms with Gasteiger partial charge >= 0.3 is 0 Å². The van der Waals surface area contributed by atoms with Crippen LogP contribution in [0.4, 0.5) is 0 Å². The number of nitrogens with one attached hydrogen (secondary N) is 1. The second kappa shape index (κ2) is 7.45. The fourth-order valence-electron chi connectivity index (χ4n) is 2.12. The van der Waals surface area contributed by atoms with Gasteiger partial charge in [0.05, 0.1) is 0 Å². The van der Waals surface area contributed by atoms with Crippen LogP contribution in [0.3, 0.4) is 0 Å². The molecule has 1 atom stereocenters. The summed E-state index contributed by atoms with van der Waals surface area (Å²) >= 11 is 0. The molecule has 0 bridgehead atoms. The topological polar surface area (TPSA) is 81.4 Å². The number of hydrogen-bond acceptors (Lipinski definition) is 3. The number of amides is 2. The van der Waals surface area contributed by atoms with Crippen LogP contribution in [0.2, 0.25) is 0 Å². The van der Waals surface area contributed by atoms with Gasteiger partial charge in [-0.05, 0) is 42.7 Å². The zero-order valence-corrected chi connectivity index (χ0v) is 13.2. The predicted octanol–water partition coefficient (Wildman–Crippen LogP) is 2.03. The molecule has 2 aromatic rings. The first-order valence-corrected chi connectivity index (χ1v) is 7.31. The third kappa shape index (κ3) is 4.57. The maximum Gasteiger partial charge on any atom is 0.258 e. The molecule has 2 aromatic carbocycles. The lowest BCUT2D eigenvalue weighted by atomic mass is 10.1. The summed E-state index contributed by atoms with van der Waals surface area (Å²) < 4.78 is 5.46. The van der Waals surface area contributed by atoms with E-state index in [0.29, 0.717) is 11.3 Å². The van der Waals surface area contributed by atoms with Crippen LogP contribution in [-0.2, 0) is 9.59 Å². The molecular formula is C18H20N2O3. The van der Waals surface area contributed by atoms with E-state index in [9.17, 15) is 9.59 Å². The van der Waals surface area contributed by atoms with Gasteiger partial charge in [-0.1, -0.05) is 36.4 Å². The number of carbonyl (C=O) groups excluding carboxylic acids is 2. The average Bonchev–Trinajstić information content (AvgIpc) is 2.54. The van der Waals surface area contributed by atoms with Crippen LogP contribution < -0.4 is 15.8 Å². The van der Waals surface area contributed by atoms with E-state index in [1.54, 1.807) is 30.3 Å². The van der Waals surface area contributed by atoms with E-state index in [1.807, 2.05) is 32.0 Å². The van der Waals surface area contributed by atoms with E-state index in [2.05, 4.69) is 5.32 Å². The van der Waals surface area contributed by atoms with Gasteiger partial charge in [0.25, 0.3) is 5.91 Å². The van der Waals surface area contributed by atoms with Crippen LogP contribution in [-0.4, -0.2) is 18.4 Å². The van der Waals surface area contributed by atoms with Crippen LogP contribution in [0.5, 0.6) is 5.75 Å². The number of hydrogen-bond donors (Lipinski definition) is 2. The second-order valence-electron chi connectivity index (χ2n) is 5.35. The summed E-state index contributed by atoms with van der Waals surface area (Å²) in [5.41, 5.74) is 8.24. The van der Waals surface area contributed by atoms with E-state index in [1.165, 1.54) is 0 Å². The molecule has 23 heavy (non-hydrogen) atoms. The van der Waals surface area contributed by atoms with Crippen molar-refractivity contribution in [1.29, 1.82) is 0 Å². The van der Waals surface area contributed by atoms with E-state index in [0.717, 1.165) is 11.1 Å². The molecule has 0 saturated carbocycles. The van der Waals surface area contributed by atoms with Crippen molar-refractivity contribution < 1.29 is 14.3 Å².